The molecule has 0 aliphatic heterocycles. The van der Waals surface area contributed by atoms with Crippen LogP contribution in [0.3, 0.4) is 0 Å². The standard InChI is InChI=1S/C26H51N3O4/c1-5-7-8-9-10-11-12-13-14-18-24(31)29-22(25(27)32)17-15-16-20-28-23(30)19-21-33-26(3,4)6-2/h22H,5-21H2,1-4H3,(H2,27,32)(H,28,30)(H,29,31). The number of hydrogen-bond donors (Lipinski definition) is 3. The lowest BCUT2D eigenvalue weighted by Crippen LogP contribution is -2.44. The average Bonchev–Trinajstić information content (AvgIpc) is 2.76. The van der Waals surface area contributed by atoms with E-state index in [4.69, 9.17) is 10.5 Å². The highest BCUT2D eigenvalue weighted by atomic mass is 16.5. The van der Waals surface area contributed by atoms with Gasteiger partial charge in [-0.2, -0.15) is 0 Å². The average molecular weight is 470 g/mol. The number of ether oxygens (including phenoxy) is 1. The van der Waals surface area contributed by atoms with Crippen LogP contribution in [0, 0.1) is 0 Å². The fourth-order valence-corrected chi connectivity index (χ4v) is 3.46. The number of rotatable bonds is 22. The lowest BCUT2D eigenvalue weighted by Gasteiger charge is -2.23. The van der Waals surface area contributed by atoms with Gasteiger partial charge in [0.15, 0.2) is 0 Å². The van der Waals surface area contributed by atoms with Gasteiger partial charge in [0.1, 0.15) is 6.04 Å². The molecule has 7 nitrogen and oxygen atoms in total. The highest BCUT2D eigenvalue weighted by molar-refractivity contribution is 5.86. The number of nitrogens with one attached hydrogen (secondary N) is 2. The van der Waals surface area contributed by atoms with Gasteiger partial charge < -0.3 is 21.1 Å². The van der Waals surface area contributed by atoms with E-state index in [2.05, 4.69) is 24.5 Å². The third-order valence-corrected chi connectivity index (χ3v) is 6.10. The number of nitrogens with two attached hydrogens (primary N) is 1. The maximum absolute atomic E-state index is 12.1. The summed E-state index contributed by atoms with van der Waals surface area (Å²) in [5.74, 6) is -0.650. The predicted molar refractivity (Wildman–Crippen MR) is 135 cm³/mol. The van der Waals surface area contributed by atoms with Gasteiger partial charge in [0.2, 0.25) is 17.7 Å². The molecule has 1 unspecified atom stereocenters. The van der Waals surface area contributed by atoms with Crippen LogP contribution in [0.4, 0.5) is 0 Å². The Morgan fingerprint density at radius 3 is 2.00 bits per heavy atom. The molecule has 0 aliphatic carbocycles. The van der Waals surface area contributed by atoms with Crippen molar-refractivity contribution in [3.05, 3.63) is 0 Å². The number of primary amides is 1. The minimum Gasteiger partial charge on any atom is -0.375 e. The first kappa shape index (κ1) is 31.4. The van der Waals surface area contributed by atoms with Crippen molar-refractivity contribution in [1.29, 1.82) is 0 Å². The number of unbranched alkanes of at least 4 members (excludes halogenated alkanes) is 9. The van der Waals surface area contributed by atoms with E-state index in [9.17, 15) is 14.4 Å². The van der Waals surface area contributed by atoms with Crippen LogP contribution in [0.15, 0.2) is 0 Å². The van der Waals surface area contributed by atoms with Gasteiger partial charge in [-0.1, -0.05) is 65.2 Å². The van der Waals surface area contributed by atoms with Gasteiger partial charge in [-0.3, -0.25) is 14.4 Å². The monoisotopic (exact) mass is 469 g/mol. The molecule has 0 heterocycles. The van der Waals surface area contributed by atoms with Gasteiger partial charge in [0.25, 0.3) is 0 Å². The Kier molecular flexibility index (Phi) is 18.8. The molecule has 0 aromatic heterocycles. The minimum atomic E-state index is -0.642. The molecule has 0 radical (unpaired) electrons. The normalized spacial score (nSPS) is 12.4. The maximum atomic E-state index is 12.1. The number of amides is 3. The number of carbonyl (C=O) groups is 3. The molecule has 194 valence electrons. The lowest BCUT2D eigenvalue weighted by atomic mass is 10.1. The Bertz CT molecular complexity index is 538. The molecule has 0 spiro atoms. The summed E-state index contributed by atoms with van der Waals surface area (Å²) in [4.78, 5) is 35.7. The number of carbonyl (C=O) groups excluding carboxylic acids is 3. The van der Waals surface area contributed by atoms with E-state index in [0.717, 1.165) is 32.1 Å². The summed E-state index contributed by atoms with van der Waals surface area (Å²) in [5.41, 5.74) is 5.25. The quantitative estimate of drug-likeness (QED) is 0.199. The largest absolute Gasteiger partial charge is 0.375 e. The smallest absolute Gasteiger partial charge is 0.239 e. The Morgan fingerprint density at radius 1 is 0.818 bits per heavy atom. The fourth-order valence-electron chi connectivity index (χ4n) is 3.46. The Labute approximate surface area is 202 Å². The van der Waals surface area contributed by atoms with Crippen LogP contribution >= 0.6 is 0 Å². The second-order valence-electron chi connectivity index (χ2n) is 9.66. The Hall–Kier alpha value is -1.63. The Morgan fingerprint density at radius 2 is 1.42 bits per heavy atom. The predicted octanol–water partition coefficient (Wildman–Crippen LogP) is 4.76. The van der Waals surface area contributed by atoms with Crippen molar-refractivity contribution in [2.45, 2.75) is 136 Å². The highest BCUT2D eigenvalue weighted by Gasteiger charge is 2.18. The van der Waals surface area contributed by atoms with Crippen LogP contribution < -0.4 is 16.4 Å². The van der Waals surface area contributed by atoms with Crippen LogP contribution in [0.1, 0.15) is 124 Å². The van der Waals surface area contributed by atoms with Gasteiger partial charge in [0, 0.05) is 19.4 Å². The zero-order valence-electron chi connectivity index (χ0n) is 21.8. The first-order chi connectivity index (χ1) is 15.7. The van der Waals surface area contributed by atoms with Crippen LogP contribution in [-0.4, -0.2) is 42.5 Å². The summed E-state index contributed by atoms with van der Waals surface area (Å²) in [7, 11) is 0. The van der Waals surface area contributed by atoms with Crippen LogP contribution in [-0.2, 0) is 19.1 Å². The van der Waals surface area contributed by atoms with E-state index < -0.39 is 11.9 Å². The molecular weight excluding hydrogens is 418 g/mol. The second kappa shape index (κ2) is 19.8. The third-order valence-electron chi connectivity index (χ3n) is 6.10. The van der Waals surface area contributed by atoms with E-state index in [1.54, 1.807) is 0 Å². The zero-order chi connectivity index (χ0) is 25.0. The molecule has 0 aromatic rings. The SMILES string of the molecule is CCCCCCCCCCCC(=O)NC(CCCCNC(=O)CCOC(C)(C)CC)C(N)=O. The molecule has 0 saturated carbocycles. The molecular formula is C26H51N3O4. The second-order valence-corrected chi connectivity index (χ2v) is 9.66. The van der Waals surface area contributed by atoms with Crippen LogP contribution in [0.25, 0.3) is 0 Å². The van der Waals surface area contributed by atoms with Crippen molar-refractivity contribution in [2.75, 3.05) is 13.2 Å². The summed E-state index contributed by atoms with van der Waals surface area (Å²) in [6.45, 7) is 9.24. The molecule has 0 rings (SSSR count). The van der Waals surface area contributed by atoms with Crippen molar-refractivity contribution in [3.8, 4) is 0 Å². The summed E-state index contributed by atoms with van der Waals surface area (Å²) in [5, 5.41) is 5.64. The van der Waals surface area contributed by atoms with Crippen molar-refractivity contribution in [3.63, 3.8) is 0 Å². The molecule has 33 heavy (non-hydrogen) atoms. The van der Waals surface area contributed by atoms with E-state index >= 15 is 0 Å². The highest BCUT2D eigenvalue weighted by Crippen LogP contribution is 2.13. The summed E-state index contributed by atoms with van der Waals surface area (Å²) < 4.78 is 5.68. The molecule has 0 fully saturated rings. The molecule has 0 saturated heterocycles. The minimum absolute atomic E-state index is 0.0392. The van der Waals surface area contributed by atoms with Gasteiger partial charge >= 0.3 is 0 Å². The molecule has 3 amide bonds. The van der Waals surface area contributed by atoms with Crippen molar-refractivity contribution in [1.82, 2.24) is 10.6 Å². The van der Waals surface area contributed by atoms with E-state index in [1.165, 1.54) is 38.5 Å². The van der Waals surface area contributed by atoms with Crippen LogP contribution in [0.2, 0.25) is 0 Å². The van der Waals surface area contributed by atoms with Crippen molar-refractivity contribution >= 4 is 17.7 Å². The molecule has 4 N–H and O–H groups in total. The first-order valence-electron chi connectivity index (χ1n) is 13.2. The molecule has 0 aliphatic rings. The van der Waals surface area contributed by atoms with Crippen molar-refractivity contribution in [2.24, 2.45) is 5.73 Å². The third kappa shape index (κ3) is 19.5. The van der Waals surface area contributed by atoms with Gasteiger partial charge in [-0.05, 0) is 46.0 Å². The number of hydrogen-bond acceptors (Lipinski definition) is 4. The molecule has 0 aromatic carbocycles. The first-order valence-corrected chi connectivity index (χ1v) is 13.2. The van der Waals surface area contributed by atoms with E-state index in [-0.39, 0.29) is 17.4 Å². The lowest BCUT2D eigenvalue weighted by molar-refractivity contribution is -0.127. The van der Waals surface area contributed by atoms with Gasteiger partial charge in [-0.25, -0.2) is 0 Å². The molecule has 7 heteroatoms. The summed E-state index contributed by atoms with van der Waals surface area (Å²) in [6, 6.07) is -0.642. The fraction of sp³-hybridized carbons (Fsp3) is 0.885. The van der Waals surface area contributed by atoms with Gasteiger partial charge in [0.05, 0.1) is 12.2 Å². The van der Waals surface area contributed by atoms with Gasteiger partial charge in [-0.15, -0.1) is 0 Å². The van der Waals surface area contributed by atoms with Crippen LogP contribution in [0.5, 0.6) is 0 Å². The van der Waals surface area contributed by atoms with E-state index in [0.29, 0.717) is 38.8 Å². The van der Waals surface area contributed by atoms with E-state index in [1.807, 2.05) is 13.8 Å². The summed E-state index contributed by atoms with van der Waals surface area (Å²) >= 11 is 0. The zero-order valence-corrected chi connectivity index (χ0v) is 21.8. The Balaban J connectivity index is 3.83. The summed E-state index contributed by atoms with van der Waals surface area (Å²) in [6.07, 6.45) is 14.4. The molecule has 1 atom stereocenters. The maximum Gasteiger partial charge on any atom is 0.239 e. The van der Waals surface area contributed by atoms with Crippen molar-refractivity contribution < 1.29 is 19.1 Å². The molecule has 0 bridgehead atoms. The topological polar surface area (TPSA) is 111 Å².